The normalized spacial score (nSPS) is 15.1. The van der Waals surface area contributed by atoms with Crippen LogP contribution in [0.15, 0.2) is 59.2 Å². The van der Waals surface area contributed by atoms with Crippen LogP contribution in [0.25, 0.3) is 0 Å². The fourth-order valence-electron chi connectivity index (χ4n) is 3.68. The molecule has 1 unspecified atom stereocenters. The Bertz CT molecular complexity index is 1300. The molecule has 0 aliphatic carbocycles. The van der Waals surface area contributed by atoms with Gasteiger partial charge in [0.25, 0.3) is 5.91 Å². The number of esters is 1. The Balaban J connectivity index is 1.85. The van der Waals surface area contributed by atoms with Crippen molar-refractivity contribution >= 4 is 29.2 Å². The summed E-state index contributed by atoms with van der Waals surface area (Å²) in [5.41, 5.74) is 8.14. The lowest BCUT2D eigenvalue weighted by atomic mass is 9.83. The number of halogens is 1. The summed E-state index contributed by atoms with van der Waals surface area (Å²) in [6.07, 6.45) is 0. The number of allylic oxidation sites excluding steroid dienone is 2. The molecule has 0 fully saturated rings. The van der Waals surface area contributed by atoms with Gasteiger partial charge in [-0.25, -0.2) is 4.79 Å². The van der Waals surface area contributed by atoms with E-state index in [2.05, 4.69) is 5.32 Å². The van der Waals surface area contributed by atoms with Crippen molar-refractivity contribution in [2.45, 2.75) is 26.7 Å². The van der Waals surface area contributed by atoms with E-state index in [1.165, 1.54) is 7.11 Å². The number of nitrogens with one attached hydrogen (secondary N) is 1. The third kappa shape index (κ3) is 5.73. The van der Waals surface area contributed by atoms with Crippen LogP contribution in [0.4, 0.5) is 5.69 Å². The molecule has 2 aromatic carbocycles. The van der Waals surface area contributed by atoms with E-state index in [4.69, 9.17) is 36.3 Å². The molecule has 3 N–H and O–H groups in total. The molecule has 10 heteroatoms. The number of benzene rings is 2. The highest BCUT2D eigenvalue weighted by Crippen LogP contribution is 2.42. The number of hydrogen-bond donors (Lipinski definition) is 2. The maximum Gasteiger partial charge on any atom is 0.338 e. The number of rotatable bonds is 8. The standard InChI is InChI=1S/C26H26ClN3O6/c1-5-34-26(32)23-15(3)36-25(29)18(12-28)24(23)16-7-9-20(21(10-16)33-4)35-13-22(31)30-17-8-6-14(2)19(27)11-17/h6-11,24H,5,13,29H2,1-4H3,(H,30,31). The fourth-order valence-corrected chi connectivity index (χ4v) is 3.86. The van der Waals surface area contributed by atoms with Crippen LogP contribution < -0.4 is 20.5 Å². The number of methoxy groups -OCH3 is 1. The third-order valence-electron chi connectivity index (χ3n) is 5.44. The van der Waals surface area contributed by atoms with Crippen molar-refractivity contribution in [3.63, 3.8) is 0 Å². The Kier molecular flexibility index (Phi) is 8.46. The molecule has 9 nitrogen and oxygen atoms in total. The predicted molar refractivity (Wildman–Crippen MR) is 133 cm³/mol. The lowest BCUT2D eigenvalue weighted by molar-refractivity contribution is -0.139. The number of ether oxygens (including phenoxy) is 4. The monoisotopic (exact) mass is 511 g/mol. The molecule has 188 valence electrons. The summed E-state index contributed by atoms with van der Waals surface area (Å²) in [4.78, 5) is 25.1. The Morgan fingerprint density at radius 2 is 1.94 bits per heavy atom. The highest BCUT2D eigenvalue weighted by atomic mass is 35.5. The molecule has 1 amide bonds. The lowest BCUT2D eigenvalue weighted by Crippen LogP contribution is -2.25. The average molecular weight is 512 g/mol. The topological polar surface area (TPSA) is 133 Å². The minimum atomic E-state index is -0.833. The van der Waals surface area contributed by atoms with Crippen LogP contribution in [0, 0.1) is 18.3 Å². The zero-order valence-electron chi connectivity index (χ0n) is 20.3. The van der Waals surface area contributed by atoms with Crippen molar-refractivity contribution in [3.8, 4) is 17.6 Å². The van der Waals surface area contributed by atoms with Gasteiger partial charge in [-0.3, -0.25) is 4.79 Å². The van der Waals surface area contributed by atoms with Crippen molar-refractivity contribution in [2.24, 2.45) is 5.73 Å². The molecule has 0 radical (unpaired) electrons. The van der Waals surface area contributed by atoms with Crippen LogP contribution in [0.3, 0.4) is 0 Å². The molecule has 3 rings (SSSR count). The second-order valence-electron chi connectivity index (χ2n) is 7.83. The number of anilines is 1. The smallest absolute Gasteiger partial charge is 0.338 e. The summed E-state index contributed by atoms with van der Waals surface area (Å²) in [7, 11) is 1.44. The summed E-state index contributed by atoms with van der Waals surface area (Å²) in [5, 5.41) is 13.0. The molecule has 0 saturated carbocycles. The van der Waals surface area contributed by atoms with E-state index in [1.54, 1.807) is 50.2 Å². The molecular weight excluding hydrogens is 486 g/mol. The van der Waals surface area contributed by atoms with E-state index in [1.807, 2.05) is 13.0 Å². The average Bonchev–Trinajstić information content (AvgIpc) is 2.84. The Labute approximate surface area is 214 Å². The first kappa shape index (κ1) is 26.4. The van der Waals surface area contributed by atoms with Crippen LogP contribution in [-0.2, 0) is 19.1 Å². The molecule has 1 atom stereocenters. The van der Waals surface area contributed by atoms with E-state index in [0.29, 0.717) is 27.8 Å². The van der Waals surface area contributed by atoms with Crippen LogP contribution in [0.2, 0.25) is 5.02 Å². The van der Waals surface area contributed by atoms with E-state index >= 15 is 0 Å². The van der Waals surface area contributed by atoms with Crippen LogP contribution in [0.5, 0.6) is 11.5 Å². The largest absolute Gasteiger partial charge is 0.493 e. The van der Waals surface area contributed by atoms with Crippen molar-refractivity contribution < 1.29 is 28.5 Å². The summed E-state index contributed by atoms with van der Waals surface area (Å²) in [6.45, 7) is 4.98. The molecule has 36 heavy (non-hydrogen) atoms. The van der Waals surface area contributed by atoms with E-state index < -0.39 is 17.8 Å². The number of nitriles is 1. The van der Waals surface area contributed by atoms with Gasteiger partial charge in [-0.2, -0.15) is 5.26 Å². The highest BCUT2D eigenvalue weighted by Gasteiger charge is 2.36. The maximum absolute atomic E-state index is 12.7. The van der Waals surface area contributed by atoms with Gasteiger partial charge in [0.1, 0.15) is 17.4 Å². The number of hydrogen-bond acceptors (Lipinski definition) is 8. The van der Waals surface area contributed by atoms with Gasteiger partial charge in [-0.15, -0.1) is 0 Å². The molecule has 2 aromatic rings. The van der Waals surface area contributed by atoms with Gasteiger partial charge < -0.3 is 30.0 Å². The zero-order chi connectivity index (χ0) is 26.4. The lowest BCUT2D eigenvalue weighted by Gasteiger charge is -2.27. The van der Waals surface area contributed by atoms with Crippen LogP contribution >= 0.6 is 11.6 Å². The summed E-state index contributed by atoms with van der Waals surface area (Å²) >= 11 is 6.10. The van der Waals surface area contributed by atoms with E-state index in [-0.39, 0.29) is 36.0 Å². The molecule has 0 bridgehead atoms. The number of nitrogens with zero attached hydrogens (tertiary/aromatic N) is 1. The zero-order valence-corrected chi connectivity index (χ0v) is 21.1. The predicted octanol–water partition coefficient (Wildman–Crippen LogP) is 4.32. The van der Waals surface area contributed by atoms with Gasteiger partial charge in [0.05, 0.1) is 25.2 Å². The van der Waals surface area contributed by atoms with Crippen molar-refractivity contribution in [3.05, 3.63) is 75.3 Å². The number of carbonyl (C=O) groups is 2. The number of carbonyl (C=O) groups excluding carboxylic acids is 2. The van der Waals surface area contributed by atoms with Gasteiger partial charge >= 0.3 is 5.97 Å². The van der Waals surface area contributed by atoms with Gasteiger partial charge in [0.15, 0.2) is 18.1 Å². The molecule has 0 saturated heterocycles. The SMILES string of the molecule is CCOC(=O)C1=C(C)OC(N)=C(C#N)C1c1ccc(OCC(=O)Nc2ccc(C)c(Cl)c2)c(OC)c1. The number of aryl methyl sites for hydroxylation is 1. The summed E-state index contributed by atoms with van der Waals surface area (Å²) in [6, 6.07) is 12.1. The van der Waals surface area contributed by atoms with Gasteiger partial charge in [0, 0.05) is 10.7 Å². The molecular formula is C26H26ClN3O6. The van der Waals surface area contributed by atoms with Crippen LogP contribution in [-0.4, -0.2) is 32.2 Å². The second kappa shape index (κ2) is 11.5. The van der Waals surface area contributed by atoms with Gasteiger partial charge in [-0.05, 0) is 56.2 Å². The Hall–Kier alpha value is -4.16. The van der Waals surface area contributed by atoms with Crippen molar-refractivity contribution in [1.29, 1.82) is 5.26 Å². The molecule has 0 aromatic heterocycles. The molecule has 1 aliphatic heterocycles. The maximum atomic E-state index is 12.7. The molecule has 1 aliphatic rings. The van der Waals surface area contributed by atoms with E-state index in [9.17, 15) is 14.9 Å². The quantitative estimate of drug-likeness (QED) is 0.500. The number of amides is 1. The van der Waals surface area contributed by atoms with Crippen molar-refractivity contribution in [1.82, 2.24) is 0 Å². The summed E-state index contributed by atoms with van der Waals surface area (Å²) in [5.74, 6) is -1.12. The third-order valence-corrected chi connectivity index (χ3v) is 5.84. The first-order valence-corrected chi connectivity index (χ1v) is 11.4. The Morgan fingerprint density at radius 3 is 2.58 bits per heavy atom. The Morgan fingerprint density at radius 1 is 1.19 bits per heavy atom. The highest BCUT2D eigenvalue weighted by molar-refractivity contribution is 6.31. The van der Waals surface area contributed by atoms with Gasteiger partial charge in [0.2, 0.25) is 5.88 Å². The second-order valence-corrected chi connectivity index (χ2v) is 8.23. The van der Waals surface area contributed by atoms with E-state index in [0.717, 1.165) is 5.56 Å². The van der Waals surface area contributed by atoms with Crippen LogP contribution in [0.1, 0.15) is 30.9 Å². The minimum Gasteiger partial charge on any atom is -0.493 e. The van der Waals surface area contributed by atoms with Gasteiger partial charge in [-0.1, -0.05) is 23.7 Å². The minimum absolute atomic E-state index is 0.0653. The fraction of sp³-hybridized carbons (Fsp3) is 0.269. The number of nitrogens with two attached hydrogens (primary N) is 1. The summed E-state index contributed by atoms with van der Waals surface area (Å²) < 4.78 is 21.7. The first-order valence-electron chi connectivity index (χ1n) is 11.0. The first-order chi connectivity index (χ1) is 17.2. The molecule has 0 spiro atoms. The van der Waals surface area contributed by atoms with Crippen molar-refractivity contribution in [2.75, 3.05) is 25.6 Å². The molecule has 1 heterocycles.